The first-order valence-corrected chi connectivity index (χ1v) is 11.6. The maximum Gasteiger partial charge on any atom is 0.165 e. The van der Waals surface area contributed by atoms with Gasteiger partial charge in [-0.3, -0.25) is 0 Å². The standard InChI is InChI=1S/C26H25F2N3OS/c1-18(30-22-10-6-9-20(13-22)17-33-2)31-26(24(28)15-29)23-12-11-21(27)14-25(23)32-16-19-7-4-3-5-8-19/h3-15,30H,1,16-17,29H2,2H3/b24-15+,31-26?. The van der Waals surface area contributed by atoms with Crippen LogP contribution in [0.15, 0.2) is 102 Å². The van der Waals surface area contributed by atoms with Crippen molar-refractivity contribution in [2.24, 2.45) is 10.7 Å². The zero-order valence-electron chi connectivity index (χ0n) is 18.2. The summed E-state index contributed by atoms with van der Waals surface area (Å²) in [6, 6.07) is 21.0. The van der Waals surface area contributed by atoms with Crippen LogP contribution in [-0.4, -0.2) is 12.0 Å². The van der Waals surface area contributed by atoms with Crippen molar-refractivity contribution in [2.75, 3.05) is 11.6 Å². The highest BCUT2D eigenvalue weighted by atomic mass is 32.2. The summed E-state index contributed by atoms with van der Waals surface area (Å²) in [5.41, 5.74) is 8.38. The Labute approximate surface area is 196 Å². The SMILES string of the molecule is C=C(N=C(/C(F)=C\N)c1ccc(F)cc1OCc1ccccc1)Nc1cccc(CSC)c1. The lowest BCUT2D eigenvalue weighted by atomic mass is 10.1. The van der Waals surface area contributed by atoms with Crippen LogP contribution in [0.1, 0.15) is 16.7 Å². The van der Waals surface area contributed by atoms with E-state index in [1.807, 2.05) is 60.9 Å². The second-order valence-electron chi connectivity index (χ2n) is 7.09. The summed E-state index contributed by atoms with van der Waals surface area (Å²) in [5, 5.41) is 3.07. The van der Waals surface area contributed by atoms with Gasteiger partial charge in [-0.05, 0) is 41.6 Å². The summed E-state index contributed by atoms with van der Waals surface area (Å²) in [7, 11) is 0. The van der Waals surface area contributed by atoms with E-state index < -0.39 is 11.6 Å². The number of anilines is 1. The monoisotopic (exact) mass is 465 g/mol. The van der Waals surface area contributed by atoms with Crippen LogP contribution in [0.25, 0.3) is 0 Å². The van der Waals surface area contributed by atoms with Crippen LogP contribution in [0.3, 0.4) is 0 Å². The van der Waals surface area contributed by atoms with Gasteiger partial charge in [0.05, 0.1) is 0 Å². The maximum atomic E-state index is 14.8. The number of halogens is 2. The van der Waals surface area contributed by atoms with Gasteiger partial charge in [-0.2, -0.15) is 11.8 Å². The quantitative estimate of drug-likeness (QED) is 0.340. The van der Waals surface area contributed by atoms with Gasteiger partial charge in [-0.15, -0.1) is 0 Å². The van der Waals surface area contributed by atoms with E-state index in [1.165, 1.54) is 18.2 Å². The molecular formula is C26H25F2N3OS. The van der Waals surface area contributed by atoms with Crippen molar-refractivity contribution in [3.8, 4) is 5.75 Å². The van der Waals surface area contributed by atoms with Crippen LogP contribution in [0, 0.1) is 5.82 Å². The van der Waals surface area contributed by atoms with Crippen molar-refractivity contribution in [3.63, 3.8) is 0 Å². The van der Waals surface area contributed by atoms with Gasteiger partial charge in [0.15, 0.2) is 5.83 Å². The molecule has 0 bridgehead atoms. The smallest absolute Gasteiger partial charge is 0.165 e. The third kappa shape index (κ3) is 6.95. The second-order valence-corrected chi connectivity index (χ2v) is 7.96. The van der Waals surface area contributed by atoms with E-state index in [9.17, 15) is 8.78 Å². The third-order valence-electron chi connectivity index (χ3n) is 4.58. The number of allylic oxidation sites excluding steroid dienone is 1. The maximum absolute atomic E-state index is 14.8. The molecule has 0 unspecified atom stereocenters. The van der Waals surface area contributed by atoms with Crippen LogP contribution in [0.4, 0.5) is 14.5 Å². The molecule has 0 fully saturated rings. The lowest BCUT2D eigenvalue weighted by Gasteiger charge is -2.14. The Kier molecular flexibility index (Phi) is 8.66. The molecule has 3 aromatic carbocycles. The largest absolute Gasteiger partial charge is 0.488 e. The summed E-state index contributed by atoms with van der Waals surface area (Å²) < 4.78 is 34.6. The molecule has 33 heavy (non-hydrogen) atoms. The molecule has 0 radical (unpaired) electrons. The van der Waals surface area contributed by atoms with E-state index in [-0.39, 0.29) is 29.5 Å². The average molecular weight is 466 g/mol. The van der Waals surface area contributed by atoms with E-state index in [0.717, 1.165) is 28.8 Å². The first-order chi connectivity index (χ1) is 16.0. The van der Waals surface area contributed by atoms with E-state index in [0.29, 0.717) is 0 Å². The van der Waals surface area contributed by atoms with Gasteiger partial charge in [0.1, 0.15) is 29.7 Å². The minimum Gasteiger partial charge on any atom is -0.488 e. The van der Waals surface area contributed by atoms with Crippen LogP contribution in [-0.2, 0) is 12.4 Å². The molecule has 0 aromatic heterocycles. The van der Waals surface area contributed by atoms with Gasteiger partial charge < -0.3 is 15.8 Å². The Hall–Kier alpha value is -3.58. The van der Waals surface area contributed by atoms with Crippen molar-refractivity contribution in [2.45, 2.75) is 12.4 Å². The lowest BCUT2D eigenvalue weighted by molar-refractivity contribution is 0.304. The molecule has 0 aliphatic carbocycles. The Morgan fingerprint density at radius 2 is 1.85 bits per heavy atom. The average Bonchev–Trinajstić information content (AvgIpc) is 2.82. The van der Waals surface area contributed by atoms with E-state index in [4.69, 9.17) is 10.5 Å². The first-order valence-electron chi connectivity index (χ1n) is 10.2. The molecule has 0 atom stereocenters. The molecule has 7 heteroatoms. The van der Waals surface area contributed by atoms with E-state index >= 15 is 0 Å². The highest BCUT2D eigenvalue weighted by Gasteiger charge is 2.17. The zero-order chi connectivity index (χ0) is 23.6. The number of nitrogens with one attached hydrogen (secondary N) is 1. The minimum atomic E-state index is -0.787. The summed E-state index contributed by atoms with van der Waals surface area (Å²) in [6.07, 6.45) is 2.83. The van der Waals surface area contributed by atoms with Crippen molar-refractivity contribution in [1.82, 2.24) is 0 Å². The molecule has 0 amide bonds. The zero-order valence-corrected chi connectivity index (χ0v) is 19.0. The molecule has 0 heterocycles. The van der Waals surface area contributed by atoms with Crippen molar-refractivity contribution < 1.29 is 13.5 Å². The van der Waals surface area contributed by atoms with Crippen LogP contribution in [0.2, 0.25) is 0 Å². The fraction of sp³-hybridized carbons (Fsp3) is 0.115. The summed E-state index contributed by atoms with van der Waals surface area (Å²) in [5.74, 6) is -0.101. The van der Waals surface area contributed by atoms with Gasteiger partial charge in [-0.1, -0.05) is 49.0 Å². The van der Waals surface area contributed by atoms with Crippen molar-refractivity contribution in [3.05, 3.63) is 120 Å². The fourth-order valence-corrected chi connectivity index (χ4v) is 3.62. The number of thioether (sulfide) groups is 1. The predicted octanol–water partition coefficient (Wildman–Crippen LogP) is 6.41. The number of nitrogens with two attached hydrogens (primary N) is 1. The summed E-state index contributed by atoms with van der Waals surface area (Å²) in [6.45, 7) is 4.08. The Morgan fingerprint density at radius 3 is 2.58 bits per heavy atom. The lowest BCUT2D eigenvalue weighted by Crippen LogP contribution is -2.10. The van der Waals surface area contributed by atoms with Gasteiger partial charge in [-0.25, -0.2) is 13.8 Å². The van der Waals surface area contributed by atoms with Crippen LogP contribution < -0.4 is 15.8 Å². The third-order valence-corrected chi connectivity index (χ3v) is 5.20. The number of hydrogen-bond donors (Lipinski definition) is 2. The Balaban J connectivity index is 1.90. The second kappa shape index (κ2) is 11.9. The van der Waals surface area contributed by atoms with Gasteiger partial charge in [0.2, 0.25) is 0 Å². The molecule has 3 N–H and O–H groups in total. The summed E-state index contributed by atoms with van der Waals surface area (Å²) >= 11 is 1.71. The molecule has 0 saturated carbocycles. The minimum absolute atomic E-state index is 0.113. The Morgan fingerprint density at radius 1 is 1.09 bits per heavy atom. The molecule has 0 aliphatic rings. The first kappa shape index (κ1) is 24.1. The number of nitrogens with zero attached hydrogens (tertiary/aromatic N) is 1. The molecule has 0 aliphatic heterocycles. The number of hydrogen-bond acceptors (Lipinski definition) is 5. The number of ether oxygens (including phenoxy) is 1. The van der Waals surface area contributed by atoms with E-state index in [1.54, 1.807) is 11.8 Å². The number of rotatable bonds is 10. The fourth-order valence-electron chi connectivity index (χ4n) is 3.10. The molecule has 0 spiro atoms. The Bertz CT molecular complexity index is 1160. The summed E-state index contributed by atoms with van der Waals surface area (Å²) in [4.78, 5) is 4.31. The topological polar surface area (TPSA) is 59.6 Å². The van der Waals surface area contributed by atoms with Crippen molar-refractivity contribution >= 4 is 23.2 Å². The van der Waals surface area contributed by atoms with Gasteiger partial charge in [0, 0.05) is 29.3 Å². The number of aliphatic imine (C=N–C) groups is 1. The normalized spacial score (nSPS) is 11.8. The number of benzene rings is 3. The molecule has 0 saturated heterocycles. The highest BCUT2D eigenvalue weighted by molar-refractivity contribution is 7.97. The predicted molar refractivity (Wildman–Crippen MR) is 134 cm³/mol. The molecule has 170 valence electrons. The molecule has 3 rings (SSSR count). The molecule has 3 aromatic rings. The highest BCUT2D eigenvalue weighted by Crippen LogP contribution is 2.26. The molecular weight excluding hydrogens is 440 g/mol. The van der Waals surface area contributed by atoms with E-state index in [2.05, 4.69) is 16.9 Å². The van der Waals surface area contributed by atoms with Crippen LogP contribution in [0.5, 0.6) is 5.75 Å². The van der Waals surface area contributed by atoms with Gasteiger partial charge in [0.25, 0.3) is 0 Å². The van der Waals surface area contributed by atoms with Crippen LogP contribution >= 0.6 is 11.8 Å². The molecule has 4 nitrogen and oxygen atoms in total. The van der Waals surface area contributed by atoms with Gasteiger partial charge >= 0.3 is 0 Å². The van der Waals surface area contributed by atoms with Crippen molar-refractivity contribution in [1.29, 1.82) is 0 Å².